The Morgan fingerprint density at radius 3 is 3.25 bits per heavy atom. The fraction of sp³-hybridized carbons (Fsp3) is 0.357. The van der Waals surface area contributed by atoms with Crippen LogP contribution >= 0.6 is 23.1 Å². The molecule has 0 saturated heterocycles. The van der Waals surface area contributed by atoms with Crippen molar-refractivity contribution < 1.29 is 4.42 Å². The van der Waals surface area contributed by atoms with E-state index in [0.29, 0.717) is 0 Å². The van der Waals surface area contributed by atoms with Gasteiger partial charge in [-0.25, -0.2) is 4.98 Å². The van der Waals surface area contributed by atoms with Crippen molar-refractivity contribution in [2.75, 3.05) is 6.54 Å². The van der Waals surface area contributed by atoms with Gasteiger partial charge in [0.1, 0.15) is 10.8 Å². The summed E-state index contributed by atoms with van der Waals surface area (Å²) in [5.41, 5.74) is 1.24. The molecule has 3 heterocycles. The monoisotopic (exact) mass is 307 g/mol. The molecule has 0 fully saturated rings. The van der Waals surface area contributed by atoms with E-state index in [-0.39, 0.29) is 0 Å². The van der Waals surface area contributed by atoms with Gasteiger partial charge in [-0.15, -0.1) is 11.3 Å². The molecular weight excluding hydrogens is 290 g/mol. The van der Waals surface area contributed by atoms with Gasteiger partial charge in [-0.2, -0.15) is 0 Å². The van der Waals surface area contributed by atoms with Crippen LogP contribution in [0.4, 0.5) is 0 Å². The molecule has 0 saturated carbocycles. The van der Waals surface area contributed by atoms with Crippen molar-refractivity contribution in [3.05, 3.63) is 41.4 Å². The fourth-order valence-electron chi connectivity index (χ4n) is 2.01. The highest BCUT2D eigenvalue weighted by Gasteiger charge is 2.13. The van der Waals surface area contributed by atoms with Crippen LogP contribution in [0.25, 0.3) is 4.96 Å². The zero-order chi connectivity index (χ0) is 13.8. The van der Waals surface area contributed by atoms with E-state index in [1.807, 2.05) is 12.1 Å². The molecule has 0 aliphatic rings. The smallest absolute Gasteiger partial charge is 0.194 e. The van der Waals surface area contributed by atoms with Gasteiger partial charge in [0.05, 0.1) is 17.7 Å². The highest BCUT2D eigenvalue weighted by Crippen LogP contribution is 2.28. The van der Waals surface area contributed by atoms with E-state index in [2.05, 4.69) is 28.2 Å². The Bertz CT molecular complexity index is 657. The van der Waals surface area contributed by atoms with Gasteiger partial charge in [0, 0.05) is 18.1 Å². The van der Waals surface area contributed by atoms with E-state index in [0.717, 1.165) is 41.0 Å². The van der Waals surface area contributed by atoms with Gasteiger partial charge >= 0.3 is 0 Å². The Morgan fingerprint density at radius 2 is 2.45 bits per heavy atom. The van der Waals surface area contributed by atoms with E-state index in [1.54, 1.807) is 29.4 Å². The number of nitrogens with one attached hydrogen (secondary N) is 1. The number of rotatable bonds is 7. The normalized spacial score (nSPS) is 11.4. The van der Waals surface area contributed by atoms with Crippen molar-refractivity contribution in [3.8, 4) is 0 Å². The van der Waals surface area contributed by atoms with Gasteiger partial charge in [0.2, 0.25) is 0 Å². The van der Waals surface area contributed by atoms with Crippen LogP contribution in [-0.4, -0.2) is 15.9 Å². The van der Waals surface area contributed by atoms with Crippen molar-refractivity contribution >= 4 is 28.1 Å². The van der Waals surface area contributed by atoms with Gasteiger partial charge in [-0.1, -0.05) is 18.7 Å². The molecule has 3 aromatic rings. The number of furan rings is 1. The summed E-state index contributed by atoms with van der Waals surface area (Å²) in [4.78, 5) is 5.77. The largest absolute Gasteiger partial charge is 0.468 e. The highest BCUT2D eigenvalue weighted by atomic mass is 32.2. The Hall–Kier alpha value is -1.24. The third kappa shape index (κ3) is 2.92. The molecular formula is C14H17N3OS2. The zero-order valence-corrected chi connectivity index (χ0v) is 13.0. The van der Waals surface area contributed by atoms with Crippen molar-refractivity contribution in [2.24, 2.45) is 0 Å². The number of hydrogen-bond donors (Lipinski definition) is 1. The van der Waals surface area contributed by atoms with Crippen molar-refractivity contribution in [2.45, 2.75) is 30.7 Å². The second-order valence-corrected chi connectivity index (χ2v) is 6.30. The summed E-state index contributed by atoms with van der Waals surface area (Å²) in [6.45, 7) is 4.06. The van der Waals surface area contributed by atoms with Gasteiger partial charge in [-0.3, -0.25) is 4.40 Å². The standard InChI is InChI=1S/C14H17N3OS2/c1-2-5-15-9-12-13(16-14-17(12)6-8-19-14)20-10-11-4-3-7-18-11/h3-4,6-8,15H,2,5,9-10H2,1H3. The second-order valence-electron chi connectivity index (χ2n) is 4.46. The number of thioether (sulfide) groups is 1. The van der Waals surface area contributed by atoms with Crippen LogP contribution in [0.5, 0.6) is 0 Å². The molecule has 0 atom stereocenters. The van der Waals surface area contributed by atoms with Crippen LogP contribution in [0.3, 0.4) is 0 Å². The molecule has 0 aromatic carbocycles. The second kappa shape index (κ2) is 6.47. The van der Waals surface area contributed by atoms with Crippen LogP contribution in [-0.2, 0) is 12.3 Å². The average Bonchev–Trinajstić information content (AvgIpc) is 3.14. The molecule has 1 N–H and O–H groups in total. The lowest BCUT2D eigenvalue weighted by molar-refractivity contribution is 0.530. The SMILES string of the molecule is CCCNCc1c(SCc2ccco2)nc2sccn12. The van der Waals surface area contributed by atoms with Crippen LogP contribution in [0.15, 0.2) is 39.4 Å². The Labute approximate surface area is 126 Å². The van der Waals surface area contributed by atoms with E-state index < -0.39 is 0 Å². The maximum absolute atomic E-state index is 5.38. The highest BCUT2D eigenvalue weighted by molar-refractivity contribution is 7.98. The summed E-state index contributed by atoms with van der Waals surface area (Å²) in [7, 11) is 0. The van der Waals surface area contributed by atoms with Gasteiger partial charge in [0.25, 0.3) is 0 Å². The third-order valence-corrected chi connectivity index (χ3v) is 4.76. The Balaban J connectivity index is 1.77. The topological polar surface area (TPSA) is 42.5 Å². The molecule has 0 aliphatic carbocycles. The molecule has 0 amide bonds. The fourth-order valence-corrected chi connectivity index (χ4v) is 3.73. The molecule has 0 spiro atoms. The molecule has 6 heteroatoms. The lowest BCUT2D eigenvalue weighted by atomic mass is 10.4. The maximum atomic E-state index is 5.38. The molecule has 3 aromatic heterocycles. The molecule has 0 bridgehead atoms. The van der Waals surface area contributed by atoms with Crippen LogP contribution < -0.4 is 5.32 Å². The van der Waals surface area contributed by atoms with Gasteiger partial charge in [0.15, 0.2) is 4.96 Å². The predicted octanol–water partition coefficient (Wildman–Crippen LogP) is 3.78. The van der Waals surface area contributed by atoms with Gasteiger partial charge in [-0.05, 0) is 25.1 Å². The minimum absolute atomic E-state index is 0.818. The summed E-state index contributed by atoms with van der Waals surface area (Å²) in [6.07, 6.45) is 4.94. The summed E-state index contributed by atoms with van der Waals surface area (Å²) < 4.78 is 7.56. The van der Waals surface area contributed by atoms with Crippen LogP contribution in [0.1, 0.15) is 24.8 Å². The van der Waals surface area contributed by atoms with E-state index >= 15 is 0 Å². The van der Waals surface area contributed by atoms with Gasteiger partial charge < -0.3 is 9.73 Å². The first kappa shape index (κ1) is 13.7. The molecule has 20 heavy (non-hydrogen) atoms. The Morgan fingerprint density at radius 1 is 1.50 bits per heavy atom. The number of aromatic nitrogens is 2. The summed E-state index contributed by atoms with van der Waals surface area (Å²) in [5.74, 6) is 1.80. The number of imidazole rings is 1. The van der Waals surface area contributed by atoms with Crippen LogP contribution in [0, 0.1) is 0 Å². The maximum Gasteiger partial charge on any atom is 0.194 e. The molecule has 106 valence electrons. The quantitative estimate of drug-likeness (QED) is 0.533. The average molecular weight is 307 g/mol. The number of nitrogens with zero attached hydrogens (tertiary/aromatic N) is 2. The predicted molar refractivity (Wildman–Crippen MR) is 83.3 cm³/mol. The van der Waals surface area contributed by atoms with Crippen molar-refractivity contribution in [1.29, 1.82) is 0 Å². The summed E-state index contributed by atoms with van der Waals surface area (Å²) in [6, 6.07) is 3.92. The number of hydrogen-bond acceptors (Lipinski definition) is 5. The Kier molecular flexibility index (Phi) is 4.44. The minimum atomic E-state index is 0.818. The lowest BCUT2D eigenvalue weighted by Gasteiger charge is -2.04. The third-order valence-electron chi connectivity index (χ3n) is 2.97. The first-order chi connectivity index (χ1) is 9.88. The van der Waals surface area contributed by atoms with Crippen molar-refractivity contribution in [3.63, 3.8) is 0 Å². The molecule has 0 aliphatic heterocycles. The molecule has 0 radical (unpaired) electrons. The lowest BCUT2D eigenvalue weighted by Crippen LogP contribution is -2.15. The summed E-state index contributed by atoms with van der Waals surface area (Å²) >= 11 is 3.41. The molecule has 0 unspecified atom stereocenters. The summed E-state index contributed by atoms with van der Waals surface area (Å²) in [5, 5.41) is 6.63. The van der Waals surface area contributed by atoms with Crippen molar-refractivity contribution in [1.82, 2.24) is 14.7 Å². The van der Waals surface area contributed by atoms with Crippen LogP contribution in [0.2, 0.25) is 0 Å². The first-order valence-corrected chi connectivity index (χ1v) is 8.55. The van der Waals surface area contributed by atoms with E-state index in [1.165, 1.54) is 5.69 Å². The molecule has 3 rings (SSSR count). The zero-order valence-electron chi connectivity index (χ0n) is 11.3. The first-order valence-electron chi connectivity index (χ1n) is 6.69. The van der Waals surface area contributed by atoms with E-state index in [4.69, 9.17) is 9.40 Å². The van der Waals surface area contributed by atoms with E-state index in [9.17, 15) is 0 Å². The number of thiazole rings is 1. The molecule has 4 nitrogen and oxygen atoms in total. The number of fused-ring (bicyclic) bond motifs is 1. The minimum Gasteiger partial charge on any atom is -0.468 e.